The van der Waals surface area contributed by atoms with Crippen molar-refractivity contribution in [2.45, 2.75) is 116 Å². The molecule has 0 radical (unpaired) electrons. The summed E-state index contributed by atoms with van der Waals surface area (Å²) in [5, 5.41) is 15.0. The van der Waals surface area contributed by atoms with Crippen LogP contribution in [0.1, 0.15) is 108 Å². The van der Waals surface area contributed by atoms with Crippen LogP contribution in [0.25, 0.3) is 0 Å². The first-order valence-electron chi connectivity index (χ1n) is 31.0. The van der Waals surface area contributed by atoms with Crippen molar-refractivity contribution in [2.75, 3.05) is 156 Å². The minimum Gasteiger partial charge on any atom is -0.399 e. The lowest BCUT2D eigenvalue weighted by molar-refractivity contribution is -0.130. The SMILES string of the molecule is CC(C)[C@@H](C)NC(=O)[C@@H](CCCCNC(=O)COC1CCCCCC(NCCOCCOCCOCCOCCOCCPO)=C1N)NC(=O)CCOCCOCCOCCOCCNC(=O)CCC(=O)N1Cc2ccccc2C#Cc2ccccc21. The lowest BCUT2D eigenvalue weighted by atomic mass is 9.99. The standard InChI is InChI=1S/C63H100N7O16P/c1-49(2)50(3)68-63(75)55(17-11-12-25-66-60(73)48-86-57-19-6-4-5-16-54(62(57)64)65-26-29-78-32-35-81-39-40-83-41-42-84-43-44-85-45-46-87-76)69-59(72)24-28-77-31-34-80-37-38-82-36-33-79-30-27-67-58(71)22-23-61(74)70-47-53-15-8-7-13-51(53)20-21-52-14-9-10-18-56(52)70/h7-10,13-15,18,49-50,55,57,65,76,87H,4-6,11-12,16-17,19,22-48,64H2,1-3H3,(H,66,73)(H,67,71)(H,68,75)(H,69,72)/t50-,55-,57?/m1/s1. The summed E-state index contributed by atoms with van der Waals surface area (Å²) in [6.07, 6.45) is 6.47. The molecule has 2 aromatic rings. The van der Waals surface area contributed by atoms with E-state index in [1.54, 1.807) is 4.90 Å². The van der Waals surface area contributed by atoms with Crippen molar-refractivity contribution >= 4 is 44.0 Å². The molecule has 0 spiro atoms. The molecule has 2 aromatic carbocycles. The van der Waals surface area contributed by atoms with Gasteiger partial charge in [0.15, 0.2) is 0 Å². The number of carbonyl (C=O) groups is 5. The number of anilines is 1. The highest BCUT2D eigenvalue weighted by Gasteiger charge is 2.25. The molecular formula is C63H100N7O16P. The van der Waals surface area contributed by atoms with Crippen molar-refractivity contribution < 1.29 is 76.2 Å². The van der Waals surface area contributed by atoms with Gasteiger partial charge in [-0.3, -0.25) is 24.0 Å². The molecule has 2 aliphatic rings. The average Bonchev–Trinajstić information content (AvgIpc) is 3.34. The Hall–Kier alpha value is -5.32. The number of amides is 5. The van der Waals surface area contributed by atoms with Crippen LogP contribution in [0.5, 0.6) is 0 Å². The zero-order chi connectivity index (χ0) is 62.4. The number of hydrogen-bond donors (Lipinski definition) is 7. The van der Waals surface area contributed by atoms with Crippen LogP contribution in [0.2, 0.25) is 0 Å². The van der Waals surface area contributed by atoms with Gasteiger partial charge < -0.3 is 89.5 Å². The van der Waals surface area contributed by atoms with Crippen LogP contribution in [-0.2, 0) is 77.9 Å². The van der Waals surface area contributed by atoms with Gasteiger partial charge in [0.1, 0.15) is 12.6 Å². The molecule has 0 aromatic heterocycles. The van der Waals surface area contributed by atoms with Crippen molar-refractivity contribution in [1.29, 1.82) is 0 Å². The van der Waals surface area contributed by atoms with Crippen LogP contribution in [0.3, 0.4) is 0 Å². The van der Waals surface area contributed by atoms with E-state index in [2.05, 4.69) is 38.4 Å². The van der Waals surface area contributed by atoms with E-state index in [1.807, 2.05) is 69.3 Å². The van der Waals surface area contributed by atoms with Gasteiger partial charge in [-0.05, 0) is 75.1 Å². The molecule has 0 saturated heterocycles. The third kappa shape index (κ3) is 33.7. The second-order valence-corrected chi connectivity index (χ2v) is 22.0. The highest BCUT2D eigenvalue weighted by molar-refractivity contribution is 7.31. The molecule has 4 rings (SSSR count). The zero-order valence-corrected chi connectivity index (χ0v) is 52.8. The van der Waals surface area contributed by atoms with Gasteiger partial charge in [0.05, 0.1) is 143 Å². The Morgan fingerprint density at radius 1 is 0.609 bits per heavy atom. The molecule has 0 fully saturated rings. The predicted octanol–water partition coefficient (Wildman–Crippen LogP) is 4.00. The van der Waals surface area contributed by atoms with Crippen LogP contribution in [-0.4, -0.2) is 204 Å². The van der Waals surface area contributed by atoms with Gasteiger partial charge in [-0.1, -0.05) is 68.9 Å². The summed E-state index contributed by atoms with van der Waals surface area (Å²) in [5.74, 6) is 5.40. The molecule has 1 aliphatic carbocycles. The van der Waals surface area contributed by atoms with Gasteiger partial charge >= 0.3 is 0 Å². The molecule has 5 amide bonds. The van der Waals surface area contributed by atoms with E-state index in [0.717, 1.165) is 53.8 Å². The average molecular weight is 1240 g/mol. The third-order valence-corrected chi connectivity index (χ3v) is 14.5. The Bertz CT molecular complexity index is 2360. The Morgan fingerprint density at radius 2 is 1.17 bits per heavy atom. The van der Waals surface area contributed by atoms with E-state index in [9.17, 15) is 24.0 Å². The Kier molecular flexibility index (Phi) is 40.6. The molecule has 24 heteroatoms. The molecule has 0 bridgehead atoms. The Balaban J connectivity index is 0.981. The molecule has 87 heavy (non-hydrogen) atoms. The molecule has 0 saturated carbocycles. The number of fused-ring (bicyclic) bond motifs is 2. The molecular weight excluding hydrogens is 1140 g/mol. The first-order valence-corrected chi connectivity index (χ1v) is 32.1. The summed E-state index contributed by atoms with van der Waals surface area (Å²) in [6, 6.07) is 14.5. The van der Waals surface area contributed by atoms with E-state index in [4.69, 9.17) is 58.0 Å². The van der Waals surface area contributed by atoms with E-state index in [1.165, 1.54) is 0 Å². The fourth-order valence-electron chi connectivity index (χ4n) is 8.84. The van der Waals surface area contributed by atoms with Crippen LogP contribution in [0.4, 0.5) is 5.69 Å². The quantitative estimate of drug-likeness (QED) is 0.0280. The fourth-order valence-corrected chi connectivity index (χ4v) is 9.07. The van der Waals surface area contributed by atoms with E-state index < -0.39 is 12.1 Å². The summed E-state index contributed by atoms with van der Waals surface area (Å²) < 4.78 is 56.0. The molecule has 23 nitrogen and oxygen atoms in total. The van der Waals surface area contributed by atoms with Crippen molar-refractivity contribution in [1.82, 2.24) is 26.6 Å². The van der Waals surface area contributed by atoms with Gasteiger partial charge in [0.2, 0.25) is 29.5 Å². The number of benzene rings is 2. The van der Waals surface area contributed by atoms with E-state index >= 15 is 0 Å². The highest BCUT2D eigenvalue weighted by Crippen LogP contribution is 2.26. The number of ether oxygens (including phenoxy) is 10. The second kappa shape index (κ2) is 47.7. The number of nitrogens with two attached hydrogens (primary N) is 1. The summed E-state index contributed by atoms with van der Waals surface area (Å²) >= 11 is 0. The van der Waals surface area contributed by atoms with Crippen molar-refractivity contribution in [3.63, 3.8) is 0 Å². The number of nitrogens with one attached hydrogen (secondary N) is 5. The maximum atomic E-state index is 13.4. The van der Waals surface area contributed by atoms with Crippen molar-refractivity contribution in [3.8, 4) is 11.8 Å². The first kappa shape index (κ1) is 74.1. The number of para-hydroxylation sites is 1. The number of allylic oxidation sites excluding steroid dienone is 1. The Morgan fingerprint density at radius 3 is 1.82 bits per heavy atom. The smallest absolute Gasteiger partial charge is 0.246 e. The van der Waals surface area contributed by atoms with Crippen LogP contribution >= 0.6 is 8.81 Å². The Labute approximate surface area is 517 Å². The summed E-state index contributed by atoms with van der Waals surface area (Å²) in [7, 11) is -0.0887. The second-order valence-electron chi connectivity index (χ2n) is 21.2. The number of carbonyl (C=O) groups excluding carboxylic acids is 5. The van der Waals surface area contributed by atoms with E-state index in [-0.39, 0.29) is 89.4 Å². The third-order valence-electron chi connectivity index (χ3n) is 14.1. The number of hydrogen-bond acceptors (Lipinski definition) is 18. The van der Waals surface area contributed by atoms with Gasteiger partial charge in [-0.25, -0.2) is 0 Å². The molecule has 8 N–H and O–H groups in total. The topological polar surface area (TPSA) is 287 Å². The van der Waals surface area contributed by atoms with Crippen LogP contribution < -0.4 is 37.2 Å². The summed E-state index contributed by atoms with van der Waals surface area (Å²) in [6.45, 7) is 14.7. The number of rotatable bonds is 49. The van der Waals surface area contributed by atoms with Gasteiger partial charge in [-0.2, -0.15) is 0 Å². The van der Waals surface area contributed by atoms with Gasteiger partial charge in [-0.15, -0.1) is 0 Å². The summed E-state index contributed by atoms with van der Waals surface area (Å²) in [5.41, 5.74) is 11.5. The van der Waals surface area contributed by atoms with Gasteiger partial charge in [0, 0.05) is 76.7 Å². The number of nitrogens with zero attached hydrogens (tertiary/aromatic N) is 1. The van der Waals surface area contributed by atoms with Crippen LogP contribution in [0.15, 0.2) is 59.9 Å². The zero-order valence-electron chi connectivity index (χ0n) is 51.8. The normalized spacial score (nSPS) is 14.9. The molecule has 2 unspecified atom stereocenters. The maximum Gasteiger partial charge on any atom is 0.246 e. The molecule has 4 atom stereocenters. The van der Waals surface area contributed by atoms with E-state index in [0.29, 0.717) is 169 Å². The van der Waals surface area contributed by atoms with Gasteiger partial charge in [0.25, 0.3) is 0 Å². The first-order chi connectivity index (χ1) is 42.5. The minimum absolute atomic E-state index is 0.0528. The molecule has 488 valence electrons. The summed E-state index contributed by atoms with van der Waals surface area (Å²) in [4.78, 5) is 75.6. The minimum atomic E-state index is -0.747. The lowest BCUT2D eigenvalue weighted by Crippen LogP contribution is -2.50. The molecule has 1 aliphatic heterocycles. The van der Waals surface area contributed by atoms with Crippen LogP contribution in [0, 0.1) is 17.8 Å². The highest BCUT2D eigenvalue weighted by atomic mass is 31.1. The monoisotopic (exact) mass is 1240 g/mol. The fraction of sp³-hybridized carbons (Fsp3) is 0.667. The maximum absolute atomic E-state index is 13.4. The predicted molar refractivity (Wildman–Crippen MR) is 333 cm³/mol. The molecule has 1 heterocycles. The largest absolute Gasteiger partial charge is 0.399 e. The lowest BCUT2D eigenvalue weighted by Gasteiger charge is -2.26. The number of unbranched alkanes of at least 4 members (excludes halogenated alkanes) is 1. The van der Waals surface area contributed by atoms with Crippen molar-refractivity contribution in [3.05, 3.63) is 76.6 Å². The van der Waals surface area contributed by atoms with Crippen molar-refractivity contribution in [2.24, 2.45) is 11.7 Å².